The predicted molar refractivity (Wildman–Crippen MR) is 100 cm³/mol. The molecule has 0 aliphatic rings. The molecule has 0 spiro atoms. The monoisotopic (exact) mass is 341 g/mol. The number of hydrogen-bond acceptors (Lipinski definition) is 4. The van der Waals surface area contributed by atoms with Crippen LogP contribution < -0.4 is 4.74 Å². The van der Waals surface area contributed by atoms with E-state index < -0.39 is 5.92 Å². The number of methoxy groups -OCH3 is 1. The van der Waals surface area contributed by atoms with Crippen molar-refractivity contribution in [1.82, 2.24) is 4.90 Å². The van der Waals surface area contributed by atoms with Gasteiger partial charge >= 0.3 is 5.97 Å². The quantitative estimate of drug-likeness (QED) is 0.652. The number of carbonyl (C=O) groups excluding carboxylic acids is 1. The van der Waals surface area contributed by atoms with E-state index in [-0.39, 0.29) is 5.97 Å². The Kier molecular flexibility index (Phi) is 7.48. The number of likely N-dealkylation sites (N-methyl/N-ethyl adjacent to an activating group) is 1. The molecular formula is C21H27NO3. The molecule has 2 rings (SSSR count). The van der Waals surface area contributed by atoms with Gasteiger partial charge in [-0.05, 0) is 36.3 Å². The van der Waals surface area contributed by atoms with Crippen LogP contribution in [-0.2, 0) is 9.53 Å². The summed E-state index contributed by atoms with van der Waals surface area (Å²) in [5.41, 5.74) is 1.83. The Hall–Kier alpha value is -2.33. The molecule has 0 heterocycles. The zero-order valence-electron chi connectivity index (χ0n) is 15.3. The van der Waals surface area contributed by atoms with Gasteiger partial charge in [-0.15, -0.1) is 0 Å². The first-order valence-electron chi connectivity index (χ1n) is 8.77. The molecular weight excluding hydrogens is 314 g/mol. The van der Waals surface area contributed by atoms with Gasteiger partial charge in [-0.1, -0.05) is 56.3 Å². The van der Waals surface area contributed by atoms with Crippen molar-refractivity contribution < 1.29 is 14.3 Å². The van der Waals surface area contributed by atoms with Crippen molar-refractivity contribution in [3.8, 4) is 5.75 Å². The van der Waals surface area contributed by atoms with E-state index in [1.807, 2.05) is 54.6 Å². The number of ether oxygens (including phenoxy) is 2. The Morgan fingerprint density at radius 3 is 2.12 bits per heavy atom. The van der Waals surface area contributed by atoms with Crippen LogP contribution in [-0.4, -0.2) is 44.2 Å². The van der Waals surface area contributed by atoms with Crippen molar-refractivity contribution in [2.45, 2.75) is 19.8 Å². The standard InChI is InChI=1S/C21H27NO3/c1-4-22(5-2)15-16-25-21(23)20(17-9-7-6-8-10-17)18-11-13-19(24-3)14-12-18/h6-14,20H,4-5,15-16H2,1-3H3/t20-/m0/s1. The van der Waals surface area contributed by atoms with E-state index in [4.69, 9.17) is 9.47 Å². The molecule has 1 atom stereocenters. The van der Waals surface area contributed by atoms with Crippen molar-refractivity contribution >= 4 is 5.97 Å². The zero-order chi connectivity index (χ0) is 18.1. The van der Waals surface area contributed by atoms with E-state index in [0.717, 1.165) is 36.5 Å². The summed E-state index contributed by atoms with van der Waals surface area (Å²) < 4.78 is 10.8. The number of nitrogens with zero attached hydrogens (tertiary/aromatic N) is 1. The van der Waals surface area contributed by atoms with Crippen LogP contribution in [0.1, 0.15) is 30.9 Å². The van der Waals surface area contributed by atoms with Crippen LogP contribution in [0.3, 0.4) is 0 Å². The van der Waals surface area contributed by atoms with Crippen LogP contribution >= 0.6 is 0 Å². The summed E-state index contributed by atoms with van der Waals surface area (Å²) in [6.45, 7) is 7.27. The van der Waals surface area contributed by atoms with Gasteiger partial charge in [0, 0.05) is 6.54 Å². The van der Waals surface area contributed by atoms with E-state index >= 15 is 0 Å². The Bertz CT molecular complexity index is 636. The molecule has 0 radical (unpaired) electrons. The van der Waals surface area contributed by atoms with Crippen molar-refractivity contribution in [2.24, 2.45) is 0 Å². The highest BCUT2D eigenvalue weighted by Gasteiger charge is 2.24. The zero-order valence-corrected chi connectivity index (χ0v) is 15.3. The van der Waals surface area contributed by atoms with Crippen LogP contribution in [0.15, 0.2) is 54.6 Å². The molecule has 0 fully saturated rings. The van der Waals surface area contributed by atoms with Gasteiger partial charge in [0.2, 0.25) is 0 Å². The van der Waals surface area contributed by atoms with Crippen molar-refractivity contribution in [1.29, 1.82) is 0 Å². The highest BCUT2D eigenvalue weighted by atomic mass is 16.5. The summed E-state index contributed by atoms with van der Waals surface area (Å²) >= 11 is 0. The number of esters is 1. The molecule has 0 saturated heterocycles. The minimum Gasteiger partial charge on any atom is -0.497 e. The summed E-state index contributed by atoms with van der Waals surface area (Å²) in [5.74, 6) is 0.123. The van der Waals surface area contributed by atoms with Crippen LogP contribution in [0, 0.1) is 0 Å². The van der Waals surface area contributed by atoms with Gasteiger partial charge in [-0.25, -0.2) is 0 Å². The molecule has 0 saturated carbocycles. The third-order valence-electron chi connectivity index (χ3n) is 4.36. The van der Waals surface area contributed by atoms with Gasteiger partial charge in [0.15, 0.2) is 0 Å². The Labute approximate surface area is 150 Å². The minimum atomic E-state index is -0.427. The fourth-order valence-corrected chi connectivity index (χ4v) is 2.80. The molecule has 0 N–H and O–H groups in total. The maximum absolute atomic E-state index is 12.8. The molecule has 0 amide bonds. The minimum absolute atomic E-state index is 0.219. The van der Waals surface area contributed by atoms with Crippen LogP contribution in [0.4, 0.5) is 0 Å². The molecule has 2 aromatic carbocycles. The van der Waals surface area contributed by atoms with Crippen LogP contribution in [0.5, 0.6) is 5.75 Å². The van der Waals surface area contributed by atoms with Crippen LogP contribution in [0.25, 0.3) is 0 Å². The van der Waals surface area contributed by atoms with Gasteiger partial charge in [0.1, 0.15) is 18.3 Å². The van der Waals surface area contributed by atoms with Crippen molar-refractivity contribution in [2.75, 3.05) is 33.4 Å². The third kappa shape index (κ3) is 5.33. The van der Waals surface area contributed by atoms with Gasteiger partial charge in [-0.3, -0.25) is 4.79 Å². The largest absolute Gasteiger partial charge is 0.497 e. The normalized spacial score (nSPS) is 12.0. The Balaban J connectivity index is 2.15. The molecule has 0 aromatic heterocycles. The lowest BCUT2D eigenvalue weighted by Gasteiger charge is -2.20. The summed E-state index contributed by atoms with van der Waals surface area (Å²) in [7, 11) is 1.63. The molecule has 134 valence electrons. The first kappa shape index (κ1) is 19.0. The number of benzene rings is 2. The average Bonchev–Trinajstić information content (AvgIpc) is 2.67. The second-order valence-corrected chi connectivity index (χ2v) is 5.81. The van der Waals surface area contributed by atoms with E-state index in [2.05, 4.69) is 18.7 Å². The van der Waals surface area contributed by atoms with Gasteiger partial charge in [-0.2, -0.15) is 0 Å². The number of rotatable bonds is 9. The topological polar surface area (TPSA) is 38.8 Å². The molecule has 0 aliphatic carbocycles. The van der Waals surface area contributed by atoms with Gasteiger partial charge < -0.3 is 14.4 Å². The fourth-order valence-electron chi connectivity index (χ4n) is 2.80. The second kappa shape index (κ2) is 9.84. The third-order valence-corrected chi connectivity index (χ3v) is 4.36. The highest BCUT2D eigenvalue weighted by molar-refractivity contribution is 5.82. The highest BCUT2D eigenvalue weighted by Crippen LogP contribution is 2.27. The van der Waals surface area contributed by atoms with Crippen LogP contribution in [0.2, 0.25) is 0 Å². The SMILES string of the molecule is CCN(CC)CCOC(=O)[C@@H](c1ccccc1)c1ccc(OC)cc1. The van der Waals surface area contributed by atoms with E-state index in [9.17, 15) is 4.79 Å². The molecule has 4 nitrogen and oxygen atoms in total. The molecule has 25 heavy (non-hydrogen) atoms. The average molecular weight is 341 g/mol. The lowest BCUT2D eigenvalue weighted by molar-refractivity contribution is -0.144. The maximum Gasteiger partial charge on any atom is 0.317 e. The summed E-state index contributed by atoms with van der Waals surface area (Å²) in [4.78, 5) is 15.0. The lowest BCUT2D eigenvalue weighted by Crippen LogP contribution is -2.29. The van der Waals surface area contributed by atoms with Gasteiger partial charge in [0.05, 0.1) is 7.11 Å². The summed E-state index contributed by atoms with van der Waals surface area (Å²) in [5, 5.41) is 0. The fraction of sp³-hybridized carbons (Fsp3) is 0.381. The second-order valence-electron chi connectivity index (χ2n) is 5.81. The first-order chi connectivity index (χ1) is 12.2. The molecule has 2 aromatic rings. The van der Waals surface area contributed by atoms with E-state index in [1.165, 1.54) is 0 Å². The summed E-state index contributed by atoms with van der Waals surface area (Å²) in [6.07, 6.45) is 0. The molecule has 0 bridgehead atoms. The van der Waals surface area contributed by atoms with Gasteiger partial charge in [0.25, 0.3) is 0 Å². The molecule has 0 unspecified atom stereocenters. The van der Waals surface area contributed by atoms with Crippen molar-refractivity contribution in [3.63, 3.8) is 0 Å². The maximum atomic E-state index is 12.8. The van der Waals surface area contributed by atoms with E-state index in [0.29, 0.717) is 6.61 Å². The van der Waals surface area contributed by atoms with Crippen molar-refractivity contribution in [3.05, 3.63) is 65.7 Å². The first-order valence-corrected chi connectivity index (χ1v) is 8.77. The number of carbonyl (C=O) groups is 1. The molecule has 4 heteroatoms. The molecule has 0 aliphatic heterocycles. The smallest absolute Gasteiger partial charge is 0.317 e. The number of hydrogen-bond donors (Lipinski definition) is 0. The lowest BCUT2D eigenvalue weighted by atomic mass is 9.91. The predicted octanol–water partition coefficient (Wildman–Crippen LogP) is 3.71. The van der Waals surface area contributed by atoms with E-state index in [1.54, 1.807) is 7.11 Å². The Morgan fingerprint density at radius 1 is 0.960 bits per heavy atom. The summed E-state index contributed by atoms with van der Waals surface area (Å²) in [6, 6.07) is 17.3. The Morgan fingerprint density at radius 2 is 1.56 bits per heavy atom.